The second-order valence-electron chi connectivity index (χ2n) is 3.34. The monoisotopic (exact) mass is 196 g/mol. The lowest BCUT2D eigenvalue weighted by atomic mass is 10.1. The molecular formula is C14H12O. The van der Waals surface area contributed by atoms with Crippen LogP contribution in [-0.4, -0.2) is 11.7 Å². The summed E-state index contributed by atoms with van der Waals surface area (Å²) in [7, 11) is 0. The Kier molecular flexibility index (Phi) is 3.02. The van der Waals surface area contributed by atoms with Crippen molar-refractivity contribution < 1.29 is 5.11 Å². The van der Waals surface area contributed by atoms with Gasteiger partial charge in [-0.2, -0.15) is 0 Å². The molecule has 0 amide bonds. The molecule has 0 aliphatic carbocycles. The van der Waals surface area contributed by atoms with E-state index in [2.05, 4.69) is 36.1 Å². The molecule has 0 saturated heterocycles. The summed E-state index contributed by atoms with van der Waals surface area (Å²) in [6, 6.07) is 14.4. The zero-order valence-corrected chi connectivity index (χ0v) is 8.40. The number of aliphatic hydroxyl groups is 1. The third-order valence-corrected chi connectivity index (χ3v) is 2.22. The number of rotatable bonds is 1. The molecule has 1 N–H and O–H groups in total. The highest BCUT2D eigenvalue weighted by atomic mass is 16.2. The van der Waals surface area contributed by atoms with Gasteiger partial charge in [-0.1, -0.05) is 42.2 Å². The molecular weight excluding hydrogens is 184 g/mol. The highest BCUT2D eigenvalue weighted by Gasteiger charge is 1.92. The normalized spacial score (nSPS) is 9.67. The lowest BCUT2D eigenvalue weighted by Crippen LogP contribution is -1.78. The summed E-state index contributed by atoms with van der Waals surface area (Å²) in [6.45, 7) is 0.126. The van der Waals surface area contributed by atoms with Gasteiger partial charge in [0.2, 0.25) is 0 Å². The first-order valence-electron chi connectivity index (χ1n) is 4.99. The topological polar surface area (TPSA) is 20.2 Å². The van der Waals surface area contributed by atoms with E-state index in [-0.39, 0.29) is 6.61 Å². The molecule has 0 aromatic heterocycles. The van der Waals surface area contributed by atoms with E-state index in [9.17, 15) is 0 Å². The molecule has 1 heteroatoms. The molecule has 15 heavy (non-hydrogen) atoms. The lowest BCUT2D eigenvalue weighted by Gasteiger charge is -1.97. The molecule has 74 valence electrons. The predicted octanol–water partition coefficient (Wildman–Crippen LogP) is 2.57. The summed E-state index contributed by atoms with van der Waals surface area (Å²) in [4.78, 5) is 0. The van der Waals surface area contributed by atoms with Gasteiger partial charge in [0.1, 0.15) is 0 Å². The minimum absolute atomic E-state index is 0.126. The van der Waals surface area contributed by atoms with Crippen molar-refractivity contribution in [1.82, 2.24) is 0 Å². The van der Waals surface area contributed by atoms with Gasteiger partial charge in [-0.25, -0.2) is 0 Å². The Balaban J connectivity index is 2.36. The zero-order chi connectivity index (χ0) is 10.5. The second kappa shape index (κ2) is 4.63. The van der Waals surface area contributed by atoms with E-state index >= 15 is 0 Å². The average molecular weight is 196 g/mol. The highest BCUT2D eigenvalue weighted by molar-refractivity contribution is 5.83. The van der Waals surface area contributed by atoms with Crippen LogP contribution in [0.15, 0.2) is 42.5 Å². The largest absolute Gasteiger partial charge is 0.395 e. The van der Waals surface area contributed by atoms with Crippen LogP contribution in [0, 0.1) is 11.8 Å². The SMILES string of the molecule is OCCC#Cc1ccc2ccccc2c1. The van der Waals surface area contributed by atoms with Crippen molar-refractivity contribution in [2.45, 2.75) is 6.42 Å². The first-order chi connectivity index (χ1) is 7.40. The Morgan fingerprint density at radius 2 is 1.80 bits per heavy atom. The van der Waals surface area contributed by atoms with E-state index in [0.29, 0.717) is 6.42 Å². The van der Waals surface area contributed by atoms with Crippen LogP contribution in [0.4, 0.5) is 0 Å². The Morgan fingerprint density at radius 1 is 1.00 bits per heavy atom. The smallest absolute Gasteiger partial charge is 0.0540 e. The van der Waals surface area contributed by atoms with Crippen LogP contribution < -0.4 is 0 Å². The first kappa shape index (κ1) is 9.76. The van der Waals surface area contributed by atoms with Gasteiger partial charge in [-0.3, -0.25) is 0 Å². The van der Waals surface area contributed by atoms with Crippen LogP contribution in [-0.2, 0) is 0 Å². The molecule has 0 aliphatic heterocycles. The molecule has 0 radical (unpaired) electrons. The molecule has 0 bridgehead atoms. The van der Waals surface area contributed by atoms with Crippen LogP contribution >= 0.6 is 0 Å². The van der Waals surface area contributed by atoms with Crippen LogP contribution in [0.2, 0.25) is 0 Å². The lowest BCUT2D eigenvalue weighted by molar-refractivity contribution is 0.305. The van der Waals surface area contributed by atoms with Crippen molar-refractivity contribution in [2.24, 2.45) is 0 Å². The predicted molar refractivity (Wildman–Crippen MR) is 62.5 cm³/mol. The van der Waals surface area contributed by atoms with Gasteiger partial charge in [0.05, 0.1) is 6.61 Å². The van der Waals surface area contributed by atoms with E-state index in [1.807, 2.05) is 18.2 Å². The van der Waals surface area contributed by atoms with Crippen LogP contribution in [0.3, 0.4) is 0 Å². The van der Waals surface area contributed by atoms with Crippen LogP contribution in [0.1, 0.15) is 12.0 Å². The summed E-state index contributed by atoms with van der Waals surface area (Å²) in [5.41, 5.74) is 1.00. The number of hydrogen-bond donors (Lipinski definition) is 1. The Morgan fingerprint density at radius 3 is 2.60 bits per heavy atom. The molecule has 0 unspecified atom stereocenters. The maximum Gasteiger partial charge on any atom is 0.0540 e. The summed E-state index contributed by atoms with van der Waals surface area (Å²) in [5.74, 6) is 5.94. The fraction of sp³-hybridized carbons (Fsp3) is 0.143. The van der Waals surface area contributed by atoms with Gasteiger partial charge >= 0.3 is 0 Å². The van der Waals surface area contributed by atoms with Crippen molar-refractivity contribution in [3.05, 3.63) is 48.0 Å². The number of aliphatic hydroxyl groups excluding tert-OH is 1. The Labute approximate surface area is 89.4 Å². The molecule has 2 aromatic rings. The summed E-state index contributed by atoms with van der Waals surface area (Å²) >= 11 is 0. The molecule has 0 aliphatic rings. The van der Waals surface area contributed by atoms with E-state index in [1.54, 1.807) is 0 Å². The number of benzene rings is 2. The third kappa shape index (κ3) is 2.37. The van der Waals surface area contributed by atoms with Gasteiger partial charge in [0.15, 0.2) is 0 Å². The van der Waals surface area contributed by atoms with Crippen LogP contribution in [0.25, 0.3) is 10.8 Å². The first-order valence-corrected chi connectivity index (χ1v) is 4.99. The fourth-order valence-corrected chi connectivity index (χ4v) is 1.49. The molecule has 0 heterocycles. The van der Waals surface area contributed by atoms with Gasteiger partial charge in [-0.15, -0.1) is 0 Å². The fourth-order valence-electron chi connectivity index (χ4n) is 1.49. The molecule has 0 spiro atoms. The van der Waals surface area contributed by atoms with E-state index < -0.39 is 0 Å². The highest BCUT2D eigenvalue weighted by Crippen LogP contribution is 2.14. The molecule has 0 fully saturated rings. The van der Waals surface area contributed by atoms with E-state index in [0.717, 1.165) is 5.56 Å². The maximum absolute atomic E-state index is 8.61. The molecule has 2 rings (SSSR count). The Bertz CT molecular complexity index is 517. The van der Waals surface area contributed by atoms with E-state index in [1.165, 1.54) is 10.8 Å². The van der Waals surface area contributed by atoms with E-state index in [4.69, 9.17) is 5.11 Å². The van der Waals surface area contributed by atoms with Gasteiger partial charge in [0.25, 0.3) is 0 Å². The molecule has 2 aromatic carbocycles. The standard InChI is InChI=1S/C14H12O/c15-10-4-3-5-12-8-9-13-6-1-2-7-14(13)11-12/h1-2,6-9,11,15H,4,10H2. The van der Waals surface area contributed by atoms with Gasteiger partial charge in [-0.05, 0) is 22.9 Å². The minimum Gasteiger partial charge on any atom is -0.395 e. The number of fused-ring (bicyclic) bond motifs is 1. The Hall–Kier alpha value is -1.78. The zero-order valence-electron chi connectivity index (χ0n) is 8.40. The summed E-state index contributed by atoms with van der Waals surface area (Å²) in [5, 5.41) is 11.0. The quantitative estimate of drug-likeness (QED) is 0.695. The van der Waals surface area contributed by atoms with Crippen molar-refractivity contribution in [2.75, 3.05) is 6.61 Å². The van der Waals surface area contributed by atoms with Crippen LogP contribution in [0.5, 0.6) is 0 Å². The van der Waals surface area contributed by atoms with Crippen molar-refractivity contribution in [3.63, 3.8) is 0 Å². The maximum atomic E-state index is 8.61. The second-order valence-corrected chi connectivity index (χ2v) is 3.34. The third-order valence-electron chi connectivity index (χ3n) is 2.22. The van der Waals surface area contributed by atoms with Gasteiger partial charge < -0.3 is 5.11 Å². The summed E-state index contributed by atoms with van der Waals surface area (Å²) in [6.07, 6.45) is 0.535. The summed E-state index contributed by atoms with van der Waals surface area (Å²) < 4.78 is 0. The molecule has 1 nitrogen and oxygen atoms in total. The number of hydrogen-bond acceptors (Lipinski definition) is 1. The molecule has 0 saturated carbocycles. The van der Waals surface area contributed by atoms with Crippen molar-refractivity contribution in [3.8, 4) is 11.8 Å². The average Bonchev–Trinajstić information content (AvgIpc) is 2.29. The van der Waals surface area contributed by atoms with Gasteiger partial charge in [0, 0.05) is 12.0 Å². The van der Waals surface area contributed by atoms with Crippen molar-refractivity contribution in [1.29, 1.82) is 0 Å². The van der Waals surface area contributed by atoms with Crippen molar-refractivity contribution >= 4 is 10.8 Å². The minimum atomic E-state index is 0.126. The molecule has 0 atom stereocenters.